The summed E-state index contributed by atoms with van der Waals surface area (Å²) in [4.78, 5) is 26.2. The van der Waals surface area contributed by atoms with E-state index in [1.54, 1.807) is 6.92 Å². The molecule has 0 saturated heterocycles. The molecule has 1 aliphatic rings. The molecule has 1 unspecified atom stereocenters. The number of hydrogen-bond acceptors (Lipinski definition) is 3. The maximum Gasteiger partial charge on any atom is 0.338 e. The van der Waals surface area contributed by atoms with Gasteiger partial charge in [-0.25, -0.2) is 9.59 Å². The van der Waals surface area contributed by atoms with Crippen molar-refractivity contribution in [1.29, 1.82) is 0 Å². The first-order valence-electron chi connectivity index (χ1n) is 7.21. The molecule has 0 saturated carbocycles. The summed E-state index contributed by atoms with van der Waals surface area (Å²) < 4.78 is 5.19. The molecular weight excluding hydrogens is 280 g/mol. The summed E-state index contributed by atoms with van der Waals surface area (Å²) in [6, 6.07) is 8.66. The average Bonchev–Trinajstić information content (AvgIpc) is 2.53. The average molecular weight is 300 g/mol. The molecule has 0 spiro atoms. The van der Waals surface area contributed by atoms with Gasteiger partial charge >= 0.3 is 12.0 Å². The van der Waals surface area contributed by atoms with Crippen LogP contribution >= 0.6 is 0 Å². The Morgan fingerprint density at radius 2 is 2.09 bits per heavy atom. The van der Waals surface area contributed by atoms with E-state index in [0.29, 0.717) is 17.8 Å². The Labute approximate surface area is 130 Å². The number of hydrogen-bond donors (Lipinski definition) is 1. The van der Waals surface area contributed by atoms with Crippen LogP contribution in [0.4, 0.5) is 4.79 Å². The summed E-state index contributed by atoms with van der Waals surface area (Å²) in [7, 11) is 0. The minimum absolute atomic E-state index is 0.136. The van der Waals surface area contributed by atoms with Gasteiger partial charge in [-0.05, 0) is 19.4 Å². The Morgan fingerprint density at radius 3 is 2.68 bits per heavy atom. The number of carbonyl (C=O) groups excluding carboxylic acids is 2. The highest BCUT2D eigenvalue weighted by molar-refractivity contribution is 5.95. The molecule has 0 fully saturated rings. The smallest absolute Gasteiger partial charge is 0.338 e. The second-order valence-corrected chi connectivity index (χ2v) is 4.92. The number of benzene rings is 1. The molecule has 1 aromatic rings. The van der Waals surface area contributed by atoms with Crippen LogP contribution < -0.4 is 5.32 Å². The first kappa shape index (κ1) is 15.8. The molecule has 0 aromatic heterocycles. The molecular formula is C17H20N2O3. The highest BCUT2D eigenvalue weighted by Crippen LogP contribution is 2.30. The quantitative estimate of drug-likeness (QED) is 0.672. The zero-order chi connectivity index (χ0) is 16.1. The first-order valence-corrected chi connectivity index (χ1v) is 7.21. The molecule has 1 aliphatic heterocycles. The number of ether oxygens (including phenoxy) is 1. The predicted molar refractivity (Wildman–Crippen MR) is 84.0 cm³/mol. The number of rotatable bonds is 5. The van der Waals surface area contributed by atoms with Gasteiger partial charge in [0.25, 0.3) is 0 Å². The van der Waals surface area contributed by atoms with Crippen LogP contribution in [0.15, 0.2) is 54.3 Å². The molecule has 1 atom stereocenters. The van der Waals surface area contributed by atoms with E-state index in [2.05, 4.69) is 11.9 Å². The van der Waals surface area contributed by atoms with E-state index in [4.69, 9.17) is 4.74 Å². The summed E-state index contributed by atoms with van der Waals surface area (Å²) in [6.45, 7) is 7.79. The van der Waals surface area contributed by atoms with Gasteiger partial charge in [-0.15, -0.1) is 0 Å². The molecule has 5 nitrogen and oxygen atoms in total. The lowest BCUT2D eigenvalue weighted by atomic mass is 9.95. The summed E-state index contributed by atoms with van der Waals surface area (Å²) >= 11 is 0. The van der Waals surface area contributed by atoms with Gasteiger partial charge in [0.2, 0.25) is 0 Å². The van der Waals surface area contributed by atoms with Crippen molar-refractivity contribution in [3.8, 4) is 0 Å². The van der Waals surface area contributed by atoms with Crippen LogP contribution in [0.5, 0.6) is 0 Å². The van der Waals surface area contributed by atoms with Crippen LogP contribution in [-0.2, 0) is 9.53 Å². The van der Waals surface area contributed by atoms with Crippen LogP contribution in [-0.4, -0.2) is 30.1 Å². The van der Waals surface area contributed by atoms with E-state index in [9.17, 15) is 9.59 Å². The number of carbonyl (C=O) groups is 2. The SMILES string of the molecule is C=CCOC(=O)C1=C(C)N(CC)C(=O)NC1c1ccccc1. The number of nitrogens with zero attached hydrogens (tertiary/aromatic N) is 1. The Morgan fingerprint density at radius 1 is 1.41 bits per heavy atom. The van der Waals surface area contributed by atoms with Crippen molar-refractivity contribution in [2.75, 3.05) is 13.2 Å². The van der Waals surface area contributed by atoms with Crippen molar-refractivity contribution < 1.29 is 14.3 Å². The van der Waals surface area contributed by atoms with Crippen molar-refractivity contribution in [3.63, 3.8) is 0 Å². The zero-order valence-corrected chi connectivity index (χ0v) is 12.8. The third kappa shape index (κ3) is 3.03. The van der Waals surface area contributed by atoms with Gasteiger partial charge in [-0.3, -0.25) is 4.90 Å². The van der Waals surface area contributed by atoms with Gasteiger partial charge in [-0.1, -0.05) is 43.0 Å². The third-order valence-corrected chi connectivity index (χ3v) is 3.60. The summed E-state index contributed by atoms with van der Waals surface area (Å²) in [5.74, 6) is -0.440. The first-order chi connectivity index (χ1) is 10.6. The lowest BCUT2D eigenvalue weighted by Gasteiger charge is -2.34. The monoisotopic (exact) mass is 300 g/mol. The summed E-state index contributed by atoms with van der Waals surface area (Å²) in [5.41, 5.74) is 1.92. The molecule has 2 amide bonds. The van der Waals surface area contributed by atoms with E-state index in [1.165, 1.54) is 11.0 Å². The highest BCUT2D eigenvalue weighted by atomic mass is 16.5. The van der Waals surface area contributed by atoms with Crippen molar-refractivity contribution >= 4 is 12.0 Å². The van der Waals surface area contributed by atoms with Crippen molar-refractivity contribution in [1.82, 2.24) is 10.2 Å². The Balaban J connectivity index is 2.46. The molecule has 0 bridgehead atoms. The number of esters is 1. The lowest BCUT2D eigenvalue weighted by molar-refractivity contribution is -0.138. The summed E-state index contributed by atoms with van der Waals surface area (Å²) in [5, 5.41) is 2.87. The largest absolute Gasteiger partial charge is 0.458 e. The van der Waals surface area contributed by atoms with E-state index in [0.717, 1.165) is 5.56 Å². The fraction of sp³-hybridized carbons (Fsp3) is 0.294. The van der Waals surface area contributed by atoms with Crippen LogP contribution in [0.1, 0.15) is 25.5 Å². The molecule has 5 heteroatoms. The maximum absolute atomic E-state index is 12.4. The molecule has 0 aliphatic carbocycles. The van der Waals surface area contributed by atoms with Crippen molar-refractivity contribution in [3.05, 3.63) is 59.8 Å². The predicted octanol–water partition coefficient (Wildman–Crippen LogP) is 2.78. The molecule has 1 aromatic carbocycles. The Kier molecular flexibility index (Phi) is 4.99. The fourth-order valence-corrected chi connectivity index (χ4v) is 2.53. The van der Waals surface area contributed by atoms with Gasteiger partial charge in [0.1, 0.15) is 6.61 Å². The molecule has 116 valence electrons. The second-order valence-electron chi connectivity index (χ2n) is 4.92. The van der Waals surface area contributed by atoms with E-state index < -0.39 is 12.0 Å². The van der Waals surface area contributed by atoms with Crippen molar-refractivity contribution in [2.45, 2.75) is 19.9 Å². The Bertz CT molecular complexity index is 608. The second kappa shape index (κ2) is 6.93. The Hall–Kier alpha value is -2.56. The minimum Gasteiger partial charge on any atom is -0.458 e. The highest BCUT2D eigenvalue weighted by Gasteiger charge is 2.35. The summed E-state index contributed by atoms with van der Waals surface area (Å²) in [6.07, 6.45) is 1.52. The molecule has 0 radical (unpaired) electrons. The van der Waals surface area contributed by atoms with Crippen LogP contribution in [0.2, 0.25) is 0 Å². The fourth-order valence-electron chi connectivity index (χ4n) is 2.53. The normalized spacial score (nSPS) is 18.0. The third-order valence-electron chi connectivity index (χ3n) is 3.60. The van der Waals surface area contributed by atoms with Crippen molar-refractivity contribution in [2.24, 2.45) is 0 Å². The molecule has 2 rings (SSSR count). The van der Waals surface area contributed by atoms with Gasteiger partial charge in [-0.2, -0.15) is 0 Å². The van der Waals surface area contributed by atoms with E-state index in [1.807, 2.05) is 37.3 Å². The van der Waals surface area contributed by atoms with Gasteiger partial charge < -0.3 is 10.1 Å². The topological polar surface area (TPSA) is 58.6 Å². The number of nitrogens with one attached hydrogen (secondary N) is 1. The maximum atomic E-state index is 12.4. The van der Waals surface area contributed by atoms with Crippen LogP contribution in [0, 0.1) is 0 Å². The van der Waals surface area contributed by atoms with Gasteiger partial charge in [0.05, 0.1) is 11.6 Å². The number of urea groups is 1. The lowest BCUT2D eigenvalue weighted by Crippen LogP contribution is -2.47. The zero-order valence-electron chi connectivity index (χ0n) is 12.8. The molecule has 22 heavy (non-hydrogen) atoms. The van der Waals surface area contributed by atoms with Gasteiger partial charge in [0.15, 0.2) is 0 Å². The van der Waals surface area contributed by atoms with E-state index >= 15 is 0 Å². The standard InChI is InChI=1S/C17H20N2O3/c1-4-11-22-16(20)14-12(3)19(5-2)17(21)18-15(14)13-9-7-6-8-10-13/h4,6-10,15H,1,5,11H2,2-3H3,(H,18,21). The van der Waals surface area contributed by atoms with Crippen LogP contribution in [0.25, 0.3) is 0 Å². The minimum atomic E-state index is -0.506. The number of amides is 2. The van der Waals surface area contributed by atoms with Crippen LogP contribution in [0.3, 0.4) is 0 Å². The number of allylic oxidation sites excluding steroid dienone is 1. The molecule has 1 N–H and O–H groups in total. The van der Waals surface area contributed by atoms with Gasteiger partial charge in [0, 0.05) is 12.2 Å². The molecule has 1 heterocycles. The van der Waals surface area contributed by atoms with E-state index in [-0.39, 0.29) is 12.6 Å².